The molecule has 1 rings (SSSR count). The zero-order valence-electron chi connectivity index (χ0n) is 11.6. The number of carbonyl (C=O) groups is 1. The Morgan fingerprint density at radius 2 is 1.65 bits per heavy atom. The minimum absolute atomic E-state index is 0.323. The van der Waals surface area contributed by atoms with Gasteiger partial charge in [0.1, 0.15) is 5.60 Å². The fraction of sp³-hybridized carbons (Fsp3) is 0.923. The molecule has 0 aliphatic heterocycles. The number of hydrogen-bond acceptors (Lipinski definition) is 3. The fourth-order valence-electron chi connectivity index (χ4n) is 2.29. The topological polar surface area (TPSA) is 58.6 Å². The minimum atomic E-state index is -1.00. The molecule has 0 aromatic heterocycles. The molecule has 1 amide bonds. The highest BCUT2D eigenvalue weighted by atomic mass is 16.6. The Bertz CT molecular complexity index is 280. The average Bonchev–Trinajstić information content (AvgIpc) is 2.48. The molecule has 0 unspecified atom stereocenters. The van der Waals surface area contributed by atoms with Crippen molar-refractivity contribution in [3.05, 3.63) is 0 Å². The third kappa shape index (κ3) is 3.60. The summed E-state index contributed by atoms with van der Waals surface area (Å²) in [6, 6.07) is 0. The molecule has 100 valence electrons. The van der Waals surface area contributed by atoms with Crippen LogP contribution in [-0.4, -0.2) is 27.9 Å². The second-order valence-corrected chi connectivity index (χ2v) is 6.52. The zero-order valence-corrected chi connectivity index (χ0v) is 11.6. The summed E-state index contributed by atoms with van der Waals surface area (Å²) in [5, 5.41) is 13.0. The number of alkyl carbamates (subject to hydrolysis) is 1. The third-order valence-corrected chi connectivity index (χ3v) is 3.29. The van der Waals surface area contributed by atoms with Gasteiger partial charge in [-0.2, -0.15) is 0 Å². The fourth-order valence-corrected chi connectivity index (χ4v) is 2.29. The molecule has 0 bridgehead atoms. The lowest BCUT2D eigenvalue weighted by Crippen LogP contribution is -2.54. The van der Waals surface area contributed by atoms with Gasteiger partial charge in [-0.1, -0.05) is 0 Å². The molecule has 4 heteroatoms. The van der Waals surface area contributed by atoms with E-state index in [0.717, 1.165) is 25.7 Å². The van der Waals surface area contributed by atoms with Crippen molar-refractivity contribution >= 4 is 6.09 Å². The van der Waals surface area contributed by atoms with E-state index in [1.807, 2.05) is 20.8 Å². The second kappa shape index (κ2) is 4.48. The lowest BCUT2D eigenvalue weighted by molar-refractivity contribution is -0.130. The van der Waals surface area contributed by atoms with Gasteiger partial charge in [-0.15, -0.1) is 0 Å². The summed E-state index contributed by atoms with van der Waals surface area (Å²) in [6.07, 6.45) is 3.00. The van der Waals surface area contributed by atoms with E-state index in [1.165, 1.54) is 0 Å². The van der Waals surface area contributed by atoms with E-state index in [4.69, 9.17) is 4.74 Å². The summed E-state index contributed by atoms with van der Waals surface area (Å²) < 4.78 is 5.54. The second-order valence-electron chi connectivity index (χ2n) is 6.52. The van der Waals surface area contributed by atoms with E-state index in [9.17, 15) is 9.90 Å². The largest absolute Gasteiger partial charge is 0.440 e. The molecule has 1 aliphatic rings. The van der Waals surface area contributed by atoms with Crippen LogP contribution in [0.2, 0.25) is 0 Å². The van der Waals surface area contributed by atoms with Gasteiger partial charge in [0.2, 0.25) is 0 Å². The average molecular weight is 243 g/mol. The van der Waals surface area contributed by atoms with Crippen LogP contribution >= 0.6 is 0 Å². The van der Waals surface area contributed by atoms with Crippen molar-refractivity contribution in [2.45, 2.75) is 77.0 Å². The van der Waals surface area contributed by atoms with E-state index in [1.54, 1.807) is 13.8 Å². The van der Waals surface area contributed by atoms with Gasteiger partial charge >= 0.3 is 6.09 Å². The molecule has 0 radical (unpaired) electrons. The van der Waals surface area contributed by atoms with Crippen molar-refractivity contribution in [1.29, 1.82) is 0 Å². The van der Waals surface area contributed by atoms with Crippen LogP contribution in [0.1, 0.15) is 60.3 Å². The Morgan fingerprint density at radius 1 is 1.18 bits per heavy atom. The number of aliphatic hydroxyl groups is 1. The Balaban J connectivity index is 2.72. The molecule has 17 heavy (non-hydrogen) atoms. The number of carbonyl (C=O) groups excluding carboxylic acids is 1. The van der Waals surface area contributed by atoms with Crippen LogP contribution in [0, 0.1) is 0 Å². The Hall–Kier alpha value is -0.770. The standard InChI is InChI=1S/C13H25NO3/c1-11(2,3)14-10(15)17-13(12(4,5)16)8-6-7-9-13/h16H,6-9H2,1-5H3,(H,14,15). The maximum atomic E-state index is 11.8. The van der Waals surface area contributed by atoms with E-state index in [-0.39, 0.29) is 5.54 Å². The lowest BCUT2D eigenvalue weighted by atomic mass is 9.84. The SMILES string of the molecule is CC(C)(C)NC(=O)OC1(C(C)(C)O)CCCC1. The summed E-state index contributed by atoms with van der Waals surface area (Å²) in [6.45, 7) is 9.13. The molecular weight excluding hydrogens is 218 g/mol. The van der Waals surface area contributed by atoms with Crippen LogP contribution in [0.25, 0.3) is 0 Å². The zero-order chi connectivity index (χ0) is 13.3. The molecule has 1 aliphatic carbocycles. The predicted octanol–water partition coefficient (Wildman–Crippen LogP) is 2.59. The lowest BCUT2D eigenvalue weighted by Gasteiger charge is -2.40. The van der Waals surface area contributed by atoms with Gasteiger partial charge in [0.05, 0.1) is 5.60 Å². The number of ether oxygens (including phenoxy) is 1. The number of amides is 1. The highest BCUT2D eigenvalue weighted by molar-refractivity contribution is 5.68. The first kappa shape index (κ1) is 14.3. The molecule has 0 spiro atoms. The maximum Gasteiger partial charge on any atom is 0.408 e. The van der Waals surface area contributed by atoms with Crippen LogP contribution in [0.5, 0.6) is 0 Å². The van der Waals surface area contributed by atoms with Crippen molar-refractivity contribution in [1.82, 2.24) is 5.32 Å². The molecule has 1 saturated carbocycles. The quantitative estimate of drug-likeness (QED) is 0.783. The van der Waals surface area contributed by atoms with Gasteiger partial charge in [-0.3, -0.25) is 0 Å². The van der Waals surface area contributed by atoms with Gasteiger partial charge in [0.25, 0.3) is 0 Å². The molecule has 2 N–H and O–H groups in total. The van der Waals surface area contributed by atoms with Crippen LogP contribution in [-0.2, 0) is 4.74 Å². The van der Waals surface area contributed by atoms with Crippen LogP contribution in [0.15, 0.2) is 0 Å². The predicted molar refractivity (Wildman–Crippen MR) is 66.9 cm³/mol. The first-order valence-electron chi connectivity index (χ1n) is 6.29. The highest BCUT2D eigenvalue weighted by Crippen LogP contribution is 2.41. The molecular formula is C13H25NO3. The number of hydrogen-bond donors (Lipinski definition) is 2. The monoisotopic (exact) mass is 243 g/mol. The summed E-state index contributed by atoms with van der Waals surface area (Å²) >= 11 is 0. The molecule has 0 saturated heterocycles. The van der Waals surface area contributed by atoms with Crippen molar-refractivity contribution < 1.29 is 14.6 Å². The smallest absolute Gasteiger partial charge is 0.408 e. The van der Waals surface area contributed by atoms with Crippen LogP contribution < -0.4 is 5.32 Å². The minimum Gasteiger partial charge on any atom is -0.440 e. The van der Waals surface area contributed by atoms with Gasteiger partial charge in [0.15, 0.2) is 0 Å². The van der Waals surface area contributed by atoms with E-state index < -0.39 is 17.3 Å². The highest BCUT2D eigenvalue weighted by Gasteiger charge is 2.49. The third-order valence-electron chi connectivity index (χ3n) is 3.29. The number of nitrogens with one attached hydrogen (secondary N) is 1. The summed E-state index contributed by atoms with van der Waals surface area (Å²) in [5.41, 5.74) is -2.06. The van der Waals surface area contributed by atoms with Crippen LogP contribution in [0.4, 0.5) is 4.79 Å². The van der Waals surface area contributed by atoms with E-state index in [2.05, 4.69) is 5.32 Å². The summed E-state index contributed by atoms with van der Waals surface area (Å²) in [4.78, 5) is 11.8. The Kier molecular flexibility index (Phi) is 3.77. The van der Waals surface area contributed by atoms with E-state index in [0.29, 0.717) is 0 Å². The first-order chi connectivity index (χ1) is 7.56. The van der Waals surface area contributed by atoms with Gasteiger partial charge in [-0.25, -0.2) is 4.79 Å². The summed E-state index contributed by atoms with van der Waals surface area (Å²) in [5.74, 6) is 0. The van der Waals surface area contributed by atoms with Gasteiger partial charge in [0, 0.05) is 5.54 Å². The normalized spacial score (nSPS) is 20.1. The van der Waals surface area contributed by atoms with Gasteiger partial charge < -0.3 is 15.2 Å². The molecule has 0 aromatic rings. The van der Waals surface area contributed by atoms with E-state index >= 15 is 0 Å². The maximum absolute atomic E-state index is 11.8. The molecule has 0 atom stereocenters. The van der Waals surface area contributed by atoms with Crippen molar-refractivity contribution in [3.63, 3.8) is 0 Å². The van der Waals surface area contributed by atoms with Crippen molar-refractivity contribution in [2.24, 2.45) is 0 Å². The van der Waals surface area contributed by atoms with Crippen LogP contribution in [0.3, 0.4) is 0 Å². The Morgan fingerprint density at radius 3 is 2.00 bits per heavy atom. The molecule has 4 nitrogen and oxygen atoms in total. The molecule has 0 heterocycles. The first-order valence-corrected chi connectivity index (χ1v) is 6.29. The van der Waals surface area contributed by atoms with Crippen molar-refractivity contribution in [3.8, 4) is 0 Å². The van der Waals surface area contributed by atoms with Gasteiger partial charge in [-0.05, 0) is 60.3 Å². The van der Waals surface area contributed by atoms with Crippen molar-refractivity contribution in [2.75, 3.05) is 0 Å². The molecule has 1 fully saturated rings. The Labute approximate surface area is 104 Å². The molecule has 0 aromatic carbocycles. The summed E-state index contributed by atoms with van der Waals surface area (Å²) in [7, 11) is 0. The number of rotatable bonds is 2.